The second-order valence-corrected chi connectivity index (χ2v) is 4.97. The number of hydrogen-bond acceptors (Lipinski definition) is 2. The second kappa shape index (κ2) is 4.08. The zero-order valence-corrected chi connectivity index (χ0v) is 11.0. The van der Waals surface area contributed by atoms with E-state index < -0.39 is 11.6 Å². The van der Waals surface area contributed by atoms with Crippen LogP contribution in [0.3, 0.4) is 0 Å². The van der Waals surface area contributed by atoms with E-state index in [-0.39, 0.29) is 23.0 Å². The largest absolute Gasteiger partial charge is 0.498 e. The summed E-state index contributed by atoms with van der Waals surface area (Å²) in [7, 11) is 1.43. The highest BCUT2D eigenvalue weighted by atomic mass is 19.1. The van der Waals surface area contributed by atoms with E-state index >= 15 is 0 Å². The quantitative estimate of drug-likeness (QED) is 0.763. The van der Waals surface area contributed by atoms with Crippen LogP contribution >= 0.6 is 0 Å². The number of benzene rings is 1. The third-order valence-corrected chi connectivity index (χ3v) is 3.69. The van der Waals surface area contributed by atoms with Crippen LogP contribution in [0.15, 0.2) is 22.3 Å². The Bertz CT molecular complexity index is 698. The first-order valence-corrected chi connectivity index (χ1v) is 6.19. The summed E-state index contributed by atoms with van der Waals surface area (Å²) in [5.74, 6) is -0.656. The van der Waals surface area contributed by atoms with Crippen molar-refractivity contribution in [1.29, 1.82) is 0 Å². The molecule has 4 heteroatoms. The fraction of sp³-hybridized carbons (Fsp3) is 0.333. The van der Waals surface area contributed by atoms with Crippen molar-refractivity contribution < 1.29 is 17.9 Å². The number of aryl methyl sites for hydroxylation is 1. The lowest BCUT2D eigenvalue weighted by molar-refractivity contribution is 0.238. The van der Waals surface area contributed by atoms with Crippen LogP contribution in [0.4, 0.5) is 8.78 Å². The predicted octanol–water partition coefficient (Wildman–Crippen LogP) is 4.36. The minimum Gasteiger partial charge on any atom is -0.498 e. The van der Waals surface area contributed by atoms with Gasteiger partial charge < -0.3 is 9.15 Å². The molecule has 100 valence electrons. The number of hydrogen-bond donors (Lipinski definition) is 0. The molecule has 0 spiro atoms. The molecule has 1 aromatic carbocycles. The minimum atomic E-state index is -0.524. The molecule has 0 bridgehead atoms. The molecule has 2 nitrogen and oxygen atoms in total. The number of rotatable bonds is 1. The van der Waals surface area contributed by atoms with Gasteiger partial charge in [0.1, 0.15) is 5.76 Å². The molecule has 2 aromatic rings. The van der Waals surface area contributed by atoms with Gasteiger partial charge in [-0.2, -0.15) is 4.39 Å². The van der Waals surface area contributed by atoms with E-state index in [1.807, 2.05) is 6.92 Å². The Morgan fingerprint density at radius 3 is 2.74 bits per heavy atom. The molecular formula is C15H14F2O2. The predicted molar refractivity (Wildman–Crippen MR) is 68.8 cm³/mol. The van der Waals surface area contributed by atoms with Crippen LogP contribution in [0.1, 0.15) is 23.8 Å². The maximum absolute atomic E-state index is 14.3. The molecule has 1 aromatic heterocycles. The first-order valence-electron chi connectivity index (χ1n) is 6.19. The smallest absolute Gasteiger partial charge is 0.203 e. The molecule has 0 radical (unpaired) electrons. The van der Waals surface area contributed by atoms with Gasteiger partial charge in [-0.1, -0.05) is 19.1 Å². The molecule has 0 fully saturated rings. The molecule has 1 aliphatic rings. The van der Waals surface area contributed by atoms with E-state index in [0.717, 1.165) is 5.56 Å². The highest BCUT2D eigenvalue weighted by Gasteiger charge is 2.31. The van der Waals surface area contributed by atoms with E-state index in [0.29, 0.717) is 17.4 Å². The normalized spacial score (nSPS) is 18.9. The van der Waals surface area contributed by atoms with Crippen molar-refractivity contribution in [3.8, 4) is 0 Å². The molecule has 0 N–H and O–H groups in total. The number of ether oxygens (including phenoxy) is 1. The van der Waals surface area contributed by atoms with Gasteiger partial charge in [-0.05, 0) is 18.9 Å². The highest BCUT2D eigenvalue weighted by Crippen LogP contribution is 2.42. The van der Waals surface area contributed by atoms with Crippen molar-refractivity contribution in [3.05, 3.63) is 40.6 Å². The van der Waals surface area contributed by atoms with Gasteiger partial charge in [0, 0.05) is 16.9 Å². The fourth-order valence-corrected chi connectivity index (χ4v) is 2.68. The second-order valence-electron chi connectivity index (χ2n) is 4.97. The molecule has 1 atom stereocenters. The van der Waals surface area contributed by atoms with E-state index in [4.69, 9.17) is 9.15 Å². The van der Waals surface area contributed by atoms with Gasteiger partial charge in [0.15, 0.2) is 17.2 Å². The molecule has 0 saturated heterocycles. The van der Waals surface area contributed by atoms with Gasteiger partial charge in [0.25, 0.3) is 0 Å². The number of methoxy groups -OCH3 is 1. The van der Waals surface area contributed by atoms with Crippen molar-refractivity contribution >= 4 is 16.8 Å². The molecule has 1 aliphatic carbocycles. The molecule has 0 aliphatic heterocycles. The summed E-state index contributed by atoms with van der Waals surface area (Å²) in [5.41, 5.74) is 1.34. The maximum atomic E-state index is 14.3. The lowest BCUT2D eigenvalue weighted by atomic mass is 9.91. The van der Waals surface area contributed by atoms with Gasteiger partial charge in [-0.15, -0.1) is 0 Å². The Hall–Kier alpha value is -1.84. The zero-order chi connectivity index (χ0) is 13.7. The first-order chi connectivity index (χ1) is 9.04. The summed E-state index contributed by atoms with van der Waals surface area (Å²) >= 11 is 0. The average molecular weight is 264 g/mol. The third-order valence-electron chi connectivity index (χ3n) is 3.69. The van der Waals surface area contributed by atoms with E-state index in [1.165, 1.54) is 7.11 Å². The SMILES string of the molecule is COC1=C(F)c2oc3c(F)c(C)ccc3c2CC1C. The van der Waals surface area contributed by atoms with E-state index in [2.05, 4.69) is 0 Å². The summed E-state index contributed by atoms with van der Waals surface area (Å²) < 4.78 is 38.8. The Morgan fingerprint density at radius 1 is 1.32 bits per heavy atom. The van der Waals surface area contributed by atoms with Crippen molar-refractivity contribution in [1.82, 2.24) is 0 Å². The third kappa shape index (κ3) is 1.59. The Balaban J connectivity index is 2.34. The molecule has 3 rings (SSSR count). The van der Waals surface area contributed by atoms with Crippen LogP contribution in [-0.2, 0) is 11.2 Å². The first kappa shape index (κ1) is 12.2. The Kier molecular flexibility index (Phi) is 2.62. The average Bonchev–Trinajstić information content (AvgIpc) is 2.74. The van der Waals surface area contributed by atoms with Crippen molar-refractivity contribution in [2.75, 3.05) is 7.11 Å². The van der Waals surface area contributed by atoms with E-state index in [9.17, 15) is 8.78 Å². The summed E-state index contributed by atoms with van der Waals surface area (Å²) in [6.07, 6.45) is 0.585. The van der Waals surface area contributed by atoms with Crippen molar-refractivity contribution in [2.24, 2.45) is 5.92 Å². The Labute approximate surface area is 109 Å². The summed E-state index contributed by atoms with van der Waals surface area (Å²) in [6.45, 7) is 3.54. The lowest BCUT2D eigenvalue weighted by Gasteiger charge is -2.20. The van der Waals surface area contributed by atoms with Crippen molar-refractivity contribution in [2.45, 2.75) is 20.3 Å². The topological polar surface area (TPSA) is 22.4 Å². The van der Waals surface area contributed by atoms with Crippen LogP contribution in [0.25, 0.3) is 16.8 Å². The van der Waals surface area contributed by atoms with Crippen molar-refractivity contribution in [3.63, 3.8) is 0 Å². The van der Waals surface area contributed by atoms with Gasteiger partial charge in [0.2, 0.25) is 5.83 Å². The molecule has 0 amide bonds. The molecule has 1 heterocycles. The molecule has 1 unspecified atom stereocenters. The fourth-order valence-electron chi connectivity index (χ4n) is 2.68. The van der Waals surface area contributed by atoms with E-state index in [1.54, 1.807) is 19.1 Å². The summed E-state index contributed by atoms with van der Waals surface area (Å²) in [5, 5.41) is 0.648. The highest BCUT2D eigenvalue weighted by molar-refractivity contribution is 5.87. The van der Waals surface area contributed by atoms with Crippen LogP contribution in [0, 0.1) is 18.7 Å². The van der Waals surface area contributed by atoms with Gasteiger partial charge in [0.05, 0.1) is 7.11 Å². The Morgan fingerprint density at radius 2 is 2.05 bits per heavy atom. The maximum Gasteiger partial charge on any atom is 0.203 e. The van der Waals surface area contributed by atoms with Crippen LogP contribution in [0.2, 0.25) is 0 Å². The number of fused-ring (bicyclic) bond motifs is 3. The zero-order valence-electron chi connectivity index (χ0n) is 11.0. The molecule has 19 heavy (non-hydrogen) atoms. The lowest BCUT2D eigenvalue weighted by Crippen LogP contribution is -2.12. The number of furan rings is 1. The van der Waals surface area contributed by atoms with Crippen LogP contribution in [-0.4, -0.2) is 7.11 Å². The monoisotopic (exact) mass is 264 g/mol. The van der Waals surface area contributed by atoms with Gasteiger partial charge in [-0.25, -0.2) is 4.39 Å². The minimum absolute atomic E-state index is 0.0809. The standard InChI is InChI=1S/C15H14F2O2/c1-7-4-5-9-10-6-8(2)13(18-3)12(17)15(10)19-14(9)11(7)16/h4-5,8H,6H2,1-3H3. The van der Waals surface area contributed by atoms with Gasteiger partial charge in [-0.3, -0.25) is 0 Å². The van der Waals surface area contributed by atoms with Gasteiger partial charge >= 0.3 is 0 Å². The summed E-state index contributed by atoms with van der Waals surface area (Å²) in [4.78, 5) is 0. The molecule has 0 saturated carbocycles. The van der Waals surface area contributed by atoms with Crippen LogP contribution in [0.5, 0.6) is 0 Å². The number of halogens is 2. The van der Waals surface area contributed by atoms with Crippen LogP contribution < -0.4 is 0 Å². The molecular weight excluding hydrogens is 250 g/mol. The summed E-state index contributed by atoms with van der Waals surface area (Å²) in [6, 6.07) is 3.47. The number of allylic oxidation sites excluding steroid dienone is 1.